The van der Waals surface area contributed by atoms with E-state index in [1.54, 1.807) is 7.05 Å². The van der Waals surface area contributed by atoms with Crippen molar-refractivity contribution >= 4 is 27.7 Å². The number of hydrogen-bond donors (Lipinski definition) is 2. The number of H-pyrrole nitrogens is 1. The third kappa shape index (κ3) is 4.11. The fourth-order valence-corrected chi connectivity index (χ4v) is 5.59. The van der Waals surface area contributed by atoms with Crippen LogP contribution < -0.4 is 5.32 Å². The summed E-state index contributed by atoms with van der Waals surface area (Å²) in [6.45, 7) is 9.15. The Morgan fingerprint density at radius 3 is 2.68 bits per heavy atom. The number of likely N-dealkylation sites (N-methyl/N-ethyl adjacent to an activating group) is 1. The van der Waals surface area contributed by atoms with E-state index in [0.717, 1.165) is 31.4 Å². The highest BCUT2D eigenvalue weighted by Gasteiger charge is 2.24. The minimum atomic E-state index is 0.0982. The number of aromatic amines is 1. The van der Waals surface area contributed by atoms with Gasteiger partial charge in [0.15, 0.2) is 0 Å². The smallest absolute Gasteiger partial charge is 0.233 e. The predicted molar refractivity (Wildman–Crippen MR) is 139 cm³/mol. The second kappa shape index (κ2) is 8.91. The van der Waals surface area contributed by atoms with Gasteiger partial charge in [-0.25, -0.2) is 0 Å². The lowest BCUT2D eigenvalue weighted by molar-refractivity contribution is -0.122. The number of rotatable bonds is 5. The molecule has 0 saturated carbocycles. The first-order valence-electron chi connectivity index (χ1n) is 12.4. The molecule has 6 heteroatoms. The minimum Gasteiger partial charge on any atom is -0.358 e. The maximum absolute atomic E-state index is 11.7. The van der Waals surface area contributed by atoms with Crippen LogP contribution in [0.25, 0.3) is 33.1 Å². The number of hydrogen-bond acceptors (Lipinski definition) is 3. The number of piperidine rings is 1. The minimum absolute atomic E-state index is 0.0982. The first-order chi connectivity index (χ1) is 16.3. The molecule has 0 aliphatic carbocycles. The van der Waals surface area contributed by atoms with Gasteiger partial charge in [0.1, 0.15) is 0 Å². The highest BCUT2D eigenvalue weighted by molar-refractivity contribution is 5.94. The van der Waals surface area contributed by atoms with E-state index in [0.29, 0.717) is 18.4 Å². The average Bonchev–Trinajstić information content (AvgIpc) is 3.39. The van der Waals surface area contributed by atoms with Crippen molar-refractivity contribution in [2.24, 2.45) is 7.05 Å². The molecule has 0 bridgehead atoms. The van der Waals surface area contributed by atoms with Crippen LogP contribution in [-0.2, 0) is 11.8 Å². The van der Waals surface area contributed by atoms with Gasteiger partial charge in [0.2, 0.25) is 5.91 Å². The van der Waals surface area contributed by atoms with Crippen LogP contribution in [-0.4, -0.2) is 52.3 Å². The molecule has 34 heavy (non-hydrogen) atoms. The number of carbonyl (C=O) groups is 1. The van der Waals surface area contributed by atoms with Crippen LogP contribution in [0.2, 0.25) is 0 Å². The van der Waals surface area contributed by atoms with E-state index in [-0.39, 0.29) is 5.91 Å². The molecule has 1 amide bonds. The van der Waals surface area contributed by atoms with Crippen molar-refractivity contribution in [1.82, 2.24) is 25.0 Å². The number of amides is 1. The maximum Gasteiger partial charge on any atom is 0.233 e. The highest BCUT2D eigenvalue weighted by Crippen LogP contribution is 2.39. The van der Waals surface area contributed by atoms with Crippen molar-refractivity contribution in [3.05, 3.63) is 53.2 Å². The molecule has 3 heterocycles. The van der Waals surface area contributed by atoms with Gasteiger partial charge in [0.05, 0.1) is 12.1 Å². The summed E-state index contributed by atoms with van der Waals surface area (Å²) >= 11 is 0. The molecule has 1 aliphatic rings. The van der Waals surface area contributed by atoms with Crippen LogP contribution >= 0.6 is 0 Å². The third-order valence-corrected chi connectivity index (χ3v) is 7.35. The van der Waals surface area contributed by atoms with Crippen LogP contribution in [0, 0.1) is 6.92 Å². The van der Waals surface area contributed by atoms with Crippen molar-refractivity contribution in [3.63, 3.8) is 0 Å². The Hall–Kier alpha value is -3.12. The van der Waals surface area contributed by atoms with E-state index in [2.05, 4.69) is 77.6 Å². The quantitative estimate of drug-likeness (QED) is 0.439. The summed E-state index contributed by atoms with van der Waals surface area (Å²) in [4.78, 5) is 17.7. The number of likely N-dealkylation sites (tertiary alicyclic amines) is 1. The van der Waals surface area contributed by atoms with E-state index in [9.17, 15) is 4.79 Å². The lowest BCUT2D eigenvalue weighted by atomic mass is 9.87. The normalized spacial score (nSPS) is 15.6. The van der Waals surface area contributed by atoms with Gasteiger partial charge in [-0.2, -0.15) is 5.10 Å². The molecule has 2 aromatic heterocycles. The van der Waals surface area contributed by atoms with Gasteiger partial charge in [-0.15, -0.1) is 0 Å². The summed E-state index contributed by atoms with van der Waals surface area (Å²) in [5, 5.41) is 9.86. The molecule has 0 radical (unpaired) electrons. The number of benzene rings is 2. The van der Waals surface area contributed by atoms with Crippen molar-refractivity contribution in [2.45, 2.75) is 45.4 Å². The van der Waals surface area contributed by atoms with E-state index in [1.165, 1.54) is 44.2 Å². The van der Waals surface area contributed by atoms with Gasteiger partial charge in [-0.1, -0.05) is 19.9 Å². The SMILES string of the molecule is CNC(=O)CN1CCC(c2ccc3[nH]c(-c4cc(C)c5nn(C)cc5c4)c(C(C)C)c3c2)CC1. The number of nitrogens with one attached hydrogen (secondary N) is 2. The highest BCUT2D eigenvalue weighted by atomic mass is 16.1. The molecule has 1 aliphatic heterocycles. The van der Waals surface area contributed by atoms with Crippen molar-refractivity contribution in [2.75, 3.05) is 26.7 Å². The average molecular weight is 458 g/mol. The zero-order valence-corrected chi connectivity index (χ0v) is 20.9. The molecule has 178 valence electrons. The Morgan fingerprint density at radius 2 is 1.97 bits per heavy atom. The molecule has 6 nitrogen and oxygen atoms in total. The fraction of sp³-hybridized carbons (Fsp3) is 0.429. The number of nitrogens with zero attached hydrogens (tertiary/aromatic N) is 3. The van der Waals surface area contributed by atoms with E-state index in [4.69, 9.17) is 0 Å². The Labute approximate surface area is 201 Å². The van der Waals surface area contributed by atoms with Crippen LogP contribution in [0.3, 0.4) is 0 Å². The molecular weight excluding hydrogens is 422 g/mol. The topological polar surface area (TPSA) is 66.0 Å². The predicted octanol–water partition coefficient (Wildman–Crippen LogP) is 5.08. The lowest BCUT2D eigenvalue weighted by Crippen LogP contribution is -2.40. The van der Waals surface area contributed by atoms with Crippen LogP contribution in [0.1, 0.15) is 55.2 Å². The number of fused-ring (bicyclic) bond motifs is 2. The second-order valence-corrected chi connectivity index (χ2v) is 10.1. The van der Waals surface area contributed by atoms with Gasteiger partial charge < -0.3 is 10.3 Å². The Morgan fingerprint density at radius 1 is 1.21 bits per heavy atom. The summed E-state index contributed by atoms with van der Waals surface area (Å²) in [5.41, 5.74) is 8.71. The van der Waals surface area contributed by atoms with Crippen molar-refractivity contribution < 1.29 is 4.79 Å². The summed E-state index contributed by atoms with van der Waals surface area (Å²) < 4.78 is 1.89. The lowest BCUT2D eigenvalue weighted by Gasteiger charge is -2.31. The van der Waals surface area contributed by atoms with Gasteiger partial charge in [0, 0.05) is 42.3 Å². The van der Waals surface area contributed by atoms with Crippen molar-refractivity contribution in [3.8, 4) is 11.3 Å². The maximum atomic E-state index is 11.7. The molecule has 2 aromatic carbocycles. The zero-order valence-electron chi connectivity index (χ0n) is 20.9. The number of aryl methyl sites for hydroxylation is 2. The van der Waals surface area contributed by atoms with Gasteiger partial charge >= 0.3 is 0 Å². The molecular formula is C28H35N5O. The fourth-order valence-electron chi connectivity index (χ4n) is 5.59. The van der Waals surface area contributed by atoms with E-state index >= 15 is 0 Å². The molecule has 2 N–H and O–H groups in total. The molecule has 0 unspecified atom stereocenters. The molecule has 1 fully saturated rings. The first kappa shape index (κ1) is 22.7. The summed E-state index contributed by atoms with van der Waals surface area (Å²) in [5.74, 6) is 1.04. The van der Waals surface area contributed by atoms with Gasteiger partial charge in [-0.3, -0.25) is 14.4 Å². The van der Waals surface area contributed by atoms with Gasteiger partial charge in [-0.05, 0) is 91.2 Å². The Bertz CT molecular complexity index is 1350. The van der Waals surface area contributed by atoms with E-state index in [1.807, 2.05) is 11.7 Å². The third-order valence-electron chi connectivity index (χ3n) is 7.35. The number of aromatic nitrogens is 3. The molecule has 0 atom stereocenters. The summed E-state index contributed by atoms with van der Waals surface area (Å²) in [7, 11) is 3.68. The largest absolute Gasteiger partial charge is 0.358 e. The zero-order chi connectivity index (χ0) is 24.0. The molecule has 5 rings (SSSR count). The Balaban J connectivity index is 1.49. The number of carbonyl (C=O) groups excluding carboxylic acids is 1. The van der Waals surface area contributed by atoms with Crippen LogP contribution in [0.15, 0.2) is 36.5 Å². The van der Waals surface area contributed by atoms with Crippen molar-refractivity contribution in [1.29, 1.82) is 0 Å². The van der Waals surface area contributed by atoms with Crippen LogP contribution in [0.4, 0.5) is 0 Å². The summed E-state index contributed by atoms with van der Waals surface area (Å²) in [6, 6.07) is 11.5. The second-order valence-electron chi connectivity index (χ2n) is 10.1. The monoisotopic (exact) mass is 457 g/mol. The van der Waals surface area contributed by atoms with E-state index < -0.39 is 0 Å². The molecule has 4 aromatic rings. The molecule has 0 spiro atoms. The standard InChI is InChI=1S/C28H35N5O/c1-17(2)26-23-14-20(19-8-10-33(11-9-19)16-25(34)29-4)6-7-24(23)30-28(26)21-12-18(3)27-22(13-21)15-32(5)31-27/h6-7,12-15,17,19,30H,8-11,16H2,1-5H3,(H,29,34). The Kier molecular flexibility index (Phi) is 5.94. The summed E-state index contributed by atoms with van der Waals surface area (Å²) in [6.07, 6.45) is 4.28. The first-order valence-corrected chi connectivity index (χ1v) is 12.4. The van der Waals surface area contributed by atoms with Crippen LogP contribution in [0.5, 0.6) is 0 Å². The molecule has 1 saturated heterocycles. The van der Waals surface area contributed by atoms with Gasteiger partial charge in [0.25, 0.3) is 0 Å².